The summed E-state index contributed by atoms with van der Waals surface area (Å²) < 4.78 is 0.913. The van der Waals surface area contributed by atoms with E-state index in [1.165, 1.54) is 0 Å². The van der Waals surface area contributed by atoms with Gasteiger partial charge in [0.25, 0.3) is 5.91 Å². The first-order valence-corrected chi connectivity index (χ1v) is 7.33. The Morgan fingerprint density at radius 1 is 1.25 bits per heavy atom. The van der Waals surface area contributed by atoms with E-state index in [1.54, 1.807) is 23.1 Å². The fourth-order valence-electron chi connectivity index (χ4n) is 2.43. The van der Waals surface area contributed by atoms with E-state index in [0.29, 0.717) is 17.8 Å². The number of nitrogens with two attached hydrogens (primary N) is 1. The number of amides is 1. The van der Waals surface area contributed by atoms with Crippen molar-refractivity contribution in [3.05, 3.63) is 51.1 Å². The van der Waals surface area contributed by atoms with Gasteiger partial charge >= 0.3 is 0 Å². The highest BCUT2D eigenvalue weighted by Gasteiger charge is 2.27. The maximum Gasteiger partial charge on any atom is 0.262 e. The highest BCUT2D eigenvalue weighted by atomic mass is 127. The van der Waals surface area contributed by atoms with Crippen LogP contribution in [0.4, 0.5) is 11.4 Å². The molecule has 0 bridgehead atoms. The van der Waals surface area contributed by atoms with Gasteiger partial charge in [-0.05, 0) is 64.9 Å². The van der Waals surface area contributed by atoms with Gasteiger partial charge in [-0.1, -0.05) is 6.07 Å². The molecule has 1 aliphatic heterocycles. The molecule has 0 fully saturated rings. The lowest BCUT2D eigenvalue weighted by Gasteiger charge is -2.18. The average Bonchev–Trinajstić information content (AvgIpc) is 2.83. The molecule has 5 heteroatoms. The van der Waals surface area contributed by atoms with Crippen LogP contribution < -0.4 is 10.6 Å². The second-order valence-corrected chi connectivity index (χ2v) is 6.00. The Hall–Kier alpha value is -1.76. The van der Waals surface area contributed by atoms with Crippen LogP contribution in [0.25, 0.3) is 0 Å². The maximum atomic E-state index is 12.6. The first-order chi connectivity index (χ1) is 9.56. The van der Waals surface area contributed by atoms with E-state index in [0.717, 1.165) is 21.2 Å². The van der Waals surface area contributed by atoms with Gasteiger partial charge < -0.3 is 15.7 Å². The number of nitrogen functional groups attached to an aromatic ring is 1. The Kier molecular flexibility index (Phi) is 3.29. The van der Waals surface area contributed by atoms with Crippen molar-refractivity contribution in [1.82, 2.24) is 0 Å². The van der Waals surface area contributed by atoms with Gasteiger partial charge in [-0.2, -0.15) is 0 Å². The van der Waals surface area contributed by atoms with Crippen molar-refractivity contribution in [3.63, 3.8) is 0 Å². The molecule has 0 atom stereocenters. The highest BCUT2D eigenvalue weighted by Crippen LogP contribution is 2.32. The number of nitrogens with zero attached hydrogens (tertiary/aromatic N) is 1. The van der Waals surface area contributed by atoms with Gasteiger partial charge in [0.05, 0.1) is 5.56 Å². The molecule has 0 saturated carbocycles. The maximum absolute atomic E-state index is 12.6. The normalized spacial score (nSPS) is 13.3. The van der Waals surface area contributed by atoms with Crippen LogP contribution in [0, 0.1) is 3.57 Å². The molecular formula is C15H13IN2O2. The van der Waals surface area contributed by atoms with Crippen molar-refractivity contribution < 1.29 is 9.90 Å². The van der Waals surface area contributed by atoms with Crippen LogP contribution >= 0.6 is 22.6 Å². The van der Waals surface area contributed by atoms with Crippen LogP contribution in [0.5, 0.6) is 5.75 Å². The van der Waals surface area contributed by atoms with E-state index < -0.39 is 0 Å². The standard InChI is InChI=1S/C15H13IN2O2/c16-10-2-4-14(19)12(7-10)15(20)18-6-5-9-1-3-11(17)8-13(9)18/h1-4,7-8,19H,5-6,17H2. The Morgan fingerprint density at radius 3 is 2.85 bits per heavy atom. The lowest BCUT2D eigenvalue weighted by Crippen LogP contribution is -2.29. The third-order valence-electron chi connectivity index (χ3n) is 3.44. The Bertz CT molecular complexity index is 700. The average molecular weight is 380 g/mol. The zero-order valence-electron chi connectivity index (χ0n) is 10.6. The third kappa shape index (κ3) is 2.22. The molecular weight excluding hydrogens is 367 g/mol. The summed E-state index contributed by atoms with van der Waals surface area (Å²) in [5.41, 5.74) is 8.71. The van der Waals surface area contributed by atoms with Gasteiger partial charge in [-0.15, -0.1) is 0 Å². The molecule has 4 nitrogen and oxygen atoms in total. The summed E-state index contributed by atoms with van der Waals surface area (Å²) in [4.78, 5) is 14.3. The van der Waals surface area contributed by atoms with Crippen LogP contribution in [0.1, 0.15) is 15.9 Å². The van der Waals surface area contributed by atoms with Gasteiger partial charge in [-0.25, -0.2) is 0 Å². The summed E-state index contributed by atoms with van der Waals surface area (Å²) in [6, 6.07) is 10.6. The van der Waals surface area contributed by atoms with Gasteiger partial charge in [0.15, 0.2) is 0 Å². The summed E-state index contributed by atoms with van der Waals surface area (Å²) in [6.07, 6.45) is 0.812. The summed E-state index contributed by atoms with van der Waals surface area (Å²) in [6.45, 7) is 0.614. The number of hydrogen-bond acceptors (Lipinski definition) is 3. The van der Waals surface area contributed by atoms with Crippen molar-refractivity contribution in [1.29, 1.82) is 0 Å². The molecule has 0 aliphatic carbocycles. The molecule has 2 aromatic carbocycles. The van der Waals surface area contributed by atoms with E-state index in [9.17, 15) is 9.90 Å². The molecule has 3 rings (SSSR count). The molecule has 20 heavy (non-hydrogen) atoms. The number of phenols is 1. The predicted octanol–water partition coefficient (Wildman–Crippen LogP) is 2.78. The van der Waals surface area contributed by atoms with Crippen molar-refractivity contribution >= 4 is 39.9 Å². The van der Waals surface area contributed by atoms with E-state index >= 15 is 0 Å². The SMILES string of the molecule is Nc1ccc2c(c1)N(C(=O)c1cc(I)ccc1O)CC2. The lowest BCUT2D eigenvalue weighted by molar-refractivity contribution is 0.0987. The minimum absolute atomic E-state index is 0.00719. The topological polar surface area (TPSA) is 66.6 Å². The van der Waals surface area contributed by atoms with Crippen LogP contribution in [-0.4, -0.2) is 17.6 Å². The van der Waals surface area contributed by atoms with Crippen LogP contribution in [0.3, 0.4) is 0 Å². The minimum Gasteiger partial charge on any atom is -0.507 e. The van der Waals surface area contributed by atoms with Crippen LogP contribution in [0.15, 0.2) is 36.4 Å². The largest absolute Gasteiger partial charge is 0.507 e. The lowest BCUT2D eigenvalue weighted by atomic mass is 10.1. The van der Waals surface area contributed by atoms with Crippen LogP contribution in [0.2, 0.25) is 0 Å². The van der Waals surface area contributed by atoms with Crippen LogP contribution in [-0.2, 0) is 6.42 Å². The summed E-state index contributed by atoms with van der Waals surface area (Å²) >= 11 is 2.12. The molecule has 1 heterocycles. The van der Waals surface area contributed by atoms with Crippen molar-refractivity contribution in [2.75, 3.05) is 17.2 Å². The Morgan fingerprint density at radius 2 is 2.05 bits per heavy atom. The van der Waals surface area contributed by atoms with Gasteiger partial charge in [0.1, 0.15) is 5.75 Å². The fraction of sp³-hybridized carbons (Fsp3) is 0.133. The number of hydrogen-bond donors (Lipinski definition) is 2. The zero-order chi connectivity index (χ0) is 14.3. The summed E-state index contributed by atoms with van der Waals surface area (Å²) in [7, 11) is 0. The molecule has 1 aliphatic rings. The van der Waals surface area contributed by atoms with Gasteiger partial charge in [0.2, 0.25) is 0 Å². The number of carbonyl (C=O) groups is 1. The number of phenolic OH excluding ortho intramolecular Hbond substituents is 1. The smallest absolute Gasteiger partial charge is 0.262 e. The molecule has 0 saturated heterocycles. The monoisotopic (exact) mass is 380 g/mol. The van der Waals surface area contributed by atoms with Crippen molar-refractivity contribution in [2.24, 2.45) is 0 Å². The minimum atomic E-state index is -0.189. The fourth-order valence-corrected chi connectivity index (χ4v) is 2.92. The molecule has 2 aromatic rings. The number of halogens is 1. The number of fused-ring (bicyclic) bond motifs is 1. The van der Waals surface area contributed by atoms with Crippen molar-refractivity contribution in [2.45, 2.75) is 6.42 Å². The van der Waals surface area contributed by atoms with E-state index in [4.69, 9.17) is 5.73 Å². The number of anilines is 2. The second-order valence-electron chi connectivity index (χ2n) is 4.76. The molecule has 102 valence electrons. The third-order valence-corrected chi connectivity index (χ3v) is 4.11. The summed E-state index contributed by atoms with van der Waals surface area (Å²) in [5, 5.41) is 9.89. The number of rotatable bonds is 1. The number of aromatic hydroxyl groups is 1. The molecule has 0 unspecified atom stereocenters. The molecule has 0 spiro atoms. The highest BCUT2D eigenvalue weighted by molar-refractivity contribution is 14.1. The molecule has 0 radical (unpaired) electrons. The number of benzene rings is 2. The van der Waals surface area contributed by atoms with E-state index in [1.807, 2.05) is 18.2 Å². The van der Waals surface area contributed by atoms with E-state index in [2.05, 4.69) is 22.6 Å². The summed E-state index contributed by atoms with van der Waals surface area (Å²) in [5.74, 6) is -0.182. The first kappa shape index (κ1) is 13.2. The van der Waals surface area contributed by atoms with Gasteiger partial charge in [0, 0.05) is 21.5 Å². The second kappa shape index (κ2) is 4.97. The molecule has 0 aromatic heterocycles. The van der Waals surface area contributed by atoms with Crippen molar-refractivity contribution in [3.8, 4) is 5.75 Å². The predicted molar refractivity (Wildman–Crippen MR) is 87.1 cm³/mol. The molecule has 3 N–H and O–H groups in total. The number of carbonyl (C=O) groups excluding carboxylic acids is 1. The zero-order valence-corrected chi connectivity index (χ0v) is 12.8. The van der Waals surface area contributed by atoms with Gasteiger partial charge in [-0.3, -0.25) is 4.79 Å². The Balaban J connectivity index is 2.01. The Labute approximate surface area is 130 Å². The van der Waals surface area contributed by atoms with E-state index in [-0.39, 0.29) is 11.7 Å². The first-order valence-electron chi connectivity index (χ1n) is 6.25. The molecule has 1 amide bonds. The quantitative estimate of drug-likeness (QED) is 0.591.